The highest BCUT2D eigenvalue weighted by atomic mass is 16.6. The minimum atomic E-state index is -1.06. The smallest absolute Gasteiger partial charge is 0.408 e. The Labute approximate surface area is 240 Å². The van der Waals surface area contributed by atoms with E-state index in [1.165, 1.54) is 6.21 Å². The zero-order valence-corrected chi connectivity index (χ0v) is 23.7. The normalized spacial score (nSPS) is 11.8. The first-order valence-electron chi connectivity index (χ1n) is 13.2. The van der Waals surface area contributed by atoms with Crippen molar-refractivity contribution in [3.05, 3.63) is 95.6 Å². The molecule has 0 aliphatic rings. The van der Waals surface area contributed by atoms with Crippen LogP contribution in [0, 0.1) is 0 Å². The van der Waals surface area contributed by atoms with E-state index >= 15 is 0 Å². The van der Waals surface area contributed by atoms with Crippen LogP contribution in [0.3, 0.4) is 0 Å². The Morgan fingerprint density at radius 3 is 2.17 bits per heavy atom. The van der Waals surface area contributed by atoms with E-state index in [9.17, 15) is 14.4 Å². The average molecular weight is 561 g/mol. The fourth-order valence-electron chi connectivity index (χ4n) is 3.63. The molecular formula is C31H36N4O6. The van der Waals surface area contributed by atoms with Crippen molar-refractivity contribution in [2.75, 3.05) is 6.61 Å². The Balaban J connectivity index is 1.60. The number of nitrogens with one attached hydrogen (secondary N) is 3. The molecule has 0 saturated heterocycles. The first-order valence-corrected chi connectivity index (χ1v) is 13.2. The average Bonchev–Trinajstić information content (AvgIpc) is 2.92. The molecule has 3 aromatic rings. The molecule has 0 aliphatic carbocycles. The topological polar surface area (TPSA) is 127 Å². The van der Waals surface area contributed by atoms with Crippen LogP contribution in [0.25, 0.3) is 0 Å². The lowest BCUT2D eigenvalue weighted by Gasteiger charge is -2.23. The van der Waals surface area contributed by atoms with Crippen LogP contribution in [0.4, 0.5) is 9.59 Å². The molecule has 0 fully saturated rings. The summed E-state index contributed by atoms with van der Waals surface area (Å²) in [5.74, 6) is 0.390. The standard InChI is InChI=1S/C31H36N4O6/c1-5-39-27-19-24(16-17-26(27)40-21-23-14-10-7-11-15-23)20-32-35-29(37)34-28(36)25(18-22-12-8-6-9-13-22)33-30(38)41-31(2,3)4/h6-17,19-20,25H,5,18,21H2,1-4H3,(H,33,38)(H2,34,35,36,37)/b32-20+. The summed E-state index contributed by atoms with van der Waals surface area (Å²) < 4.78 is 16.9. The van der Waals surface area contributed by atoms with E-state index < -0.39 is 29.7 Å². The SMILES string of the molecule is CCOc1cc(/C=N/NC(=O)NC(=O)C(Cc2ccccc2)NC(=O)OC(C)(C)C)ccc1OCc1ccccc1. The summed E-state index contributed by atoms with van der Waals surface area (Å²) in [6, 6.07) is 22.2. The van der Waals surface area contributed by atoms with E-state index in [2.05, 4.69) is 21.2 Å². The molecule has 3 N–H and O–H groups in total. The molecule has 0 bridgehead atoms. The van der Waals surface area contributed by atoms with Gasteiger partial charge >= 0.3 is 12.1 Å². The number of imide groups is 1. The molecule has 1 unspecified atom stereocenters. The van der Waals surface area contributed by atoms with Crippen molar-refractivity contribution in [2.45, 2.75) is 52.4 Å². The Hall–Kier alpha value is -4.86. The van der Waals surface area contributed by atoms with Crippen molar-refractivity contribution in [2.24, 2.45) is 5.10 Å². The van der Waals surface area contributed by atoms with Crippen LogP contribution in [0.15, 0.2) is 84.0 Å². The van der Waals surface area contributed by atoms with Gasteiger partial charge in [0.05, 0.1) is 12.8 Å². The molecule has 10 nitrogen and oxygen atoms in total. The molecular weight excluding hydrogens is 524 g/mol. The Morgan fingerprint density at radius 2 is 1.54 bits per heavy atom. The van der Waals surface area contributed by atoms with Crippen molar-refractivity contribution in [1.82, 2.24) is 16.1 Å². The summed E-state index contributed by atoms with van der Waals surface area (Å²) in [5.41, 5.74) is 3.98. The van der Waals surface area contributed by atoms with Crippen LogP contribution in [-0.4, -0.2) is 42.5 Å². The molecule has 0 saturated carbocycles. The summed E-state index contributed by atoms with van der Waals surface area (Å²) >= 11 is 0. The first-order chi connectivity index (χ1) is 19.6. The molecule has 1 atom stereocenters. The van der Waals surface area contributed by atoms with Gasteiger partial charge in [-0.25, -0.2) is 15.0 Å². The van der Waals surface area contributed by atoms with Crippen LogP contribution in [0.1, 0.15) is 44.4 Å². The Kier molecular flexibility index (Phi) is 11.3. The lowest BCUT2D eigenvalue weighted by atomic mass is 10.1. The fraction of sp³-hybridized carbons (Fsp3) is 0.290. The van der Waals surface area contributed by atoms with Gasteiger partial charge in [-0.15, -0.1) is 0 Å². The maximum Gasteiger partial charge on any atom is 0.408 e. The second-order valence-electron chi connectivity index (χ2n) is 9.99. The van der Waals surface area contributed by atoms with Gasteiger partial charge in [0.15, 0.2) is 11.5 Å². The number of ether oxygens (including phenoxy) is 3. The third kappa shape index (κ3) is 11.0. The highest BCUT2D eigenvalue weighted by Crippen LogP contribution is 2.29. The van der Waals surface area contributed by atoms with Gasteiger partial charge in [0.25, 0.3) is 5.91 Å². The van der Waals surface area contributed by atoms with Crippen molar-refractivity contribution in [3.8, 4) is 11.5 Å². The number of urea groups is 1. The van der Waals surface area contributed by atoms with E-state index in [1.54, 1.807) is 39.0 Å². The zero-order chi connectivity index (χ0) is 29.7. The van der Waals surface area contributed by atoms with E-state index in [-0.39, 0.29) is 6.42 Å². The van der Waals surface area contributed by atoms with E-state index in [0.717, 1.165) is 11.1 Å². The number of hydrogen-bond acceptors (Lipinski definition) is 7. The lowest BCUT2D eigenvalue weighted by Crippen LogP contribution is -2.52. The molecule has 0 radical (unpaired) electrons. The van der Waals surface area contributed by atoms with E-state index in [4.69, 9.17) is 14.2 Å². The first kappa shape index (κ1) is 30.7. The third-order valence-electron chi connectivity index (χ3n) is 5.41. The number of hydrogen-bond donors (Lipinski definition) is 3. The second kappa shape index (κ2) is 15.1. The maximum atomic E-state index is 12.9. The van der Waals surface area contributed by atoms with Crippen LogP contribution in [-0.2, 0) is 22.6 Å². The number of carbonyl (C=O) groups excluding carboxylic acids is 3. The molecule has 3 rings (SSSR count). The molecule has 41 heavy (non-hydrogen) atoms. The van der Waals surface area contributed by atoms with Gasteiger partial charge in [-0.1, -0.05) is 60.7 Å². The number of benzene rings is 3. The summed E-state index contributed by atoms with van der Waals surface area (Å²) in [4.78, 5) is 37.6. The summed E-state index contributed by atoms with van der Waals surface area (Å²) in [7, 11) is 0. The molecule has 216 valence electrons. The lowest BCUT2D eigenvalue weighted by molar-refractivity contribution is -0.122. The zero-order valence-electron chi connectivity index (χ0n) is 23.7. The predicted octanol–water partition coefficient (Wildman–Crippen LogP) is 4.96. The molecule has 4 amide bonds. The van der Waals surface area contributed by atoms with Gasteiger partial charge in [-0.2, -0.15) is 5.10 Å². The molecule has 0 aliphatic heterocycles. The second-order valence-corrected chi connectivity index (χ2v) is 9.99. The summed E-state index contributed by atoms with van der Waals surface area (Å²) in [5, 5.41) is 8.67. The van der Waals surface area contributed by atoms with Crippen molar-refractivity contribution in [3.63, 3.8) is 0 Å². The molecule has 10 heteroatoms. The minimum Gasteiger partial charge on any atom is -0.490 e. The van der Waals surface area contributed by atoms with Crippen molar-refractivity contribution >= 4 is 24.2 Å². The maximum absolute atomic E-state index is 12.9. The largest absolute Gasteiger partial charge is 0.490 e. The molecule has 0 spiro atoms. The highest BCUT2D eigenvalue weighted by molar-refractivity contribution is 5.98. The number of amides is 4. The predicted molar refractivity (Wildman–Crippen MR) is 156 cm³/mol. The van der Waals surface area contributed by atoms with Gasteiger partial charge < -0.3 is 19.5 Å². The van der Waals surface area contributed by atoms with Crippen LogP contribution in [0.5, 0.6) is 11.5 Å². The van der Waals surface area contributed by atoms with Crippen LogP contribution in [0.2, 0.25) is 0 Å². The third-order valence-corrected chi connectivity index (χ3v) is 5.41. The molecule has 0 aromatic heterocycles. The quantitative estimate of drug-likeness (QED) is 0.225. The number of hydrazone groups is 1. The monoisotopic (exact) mass is 560 g/mol. The number of rotatable bonds is 11. The van der Waals surface area contributed by atoms with E-state index in [1.807, 2.05) is 67.6 Å². The Bertz CT molecular complexity index is 1320. The van der Waals surface area contributed by atoms with Crippen molar-refractivity contribution < 1.29 is 28.6 Å². The van der Waals surface area contributed by atoms with Crippen molar-refractivity contribution in [1.29, 1.82) is 0 Å². The minimum absolute atomic E-state index is 0.154. The Morgan fingerprint density at radius 1 is 0.878 bits per heavy atom. The number of nitrogens with zero attached hydrogens (tertiary/aromatic N) is 1. The van der Waals surface area contributed by atoms with Crippen LogP contribution < -0.4 is 25.5 Å². The molecule has 0 heterocycles. The van der Waals surface area contributed by atoms with Gasteiger partial charge in [0.1, 0.15) is 18.2 Å². The van der Waals surface area contributed by atoms with Crippen LogP contribution >= 0.6 is 0 Å². The highest BCUT2D eigenvalue weighted by Gasteiger charge is 2.26. The summed E-state index contributed by atoms with van der Waals surface area (Å²) in [6.45, 7) is 7.84. The number of alkyl carbamates (subject to hydrolysis) is 1. The van der Waals surface area contributed by atoms with E-state index in [0.29, 0.717) is 30.3 Å². The number of carbonyl (C=O) groups is 3. The van der Waals surface area contributed by atoms with Gasteiger partial charge in [-0.05, 0) is 62.6 Å². The van der Waals surface area contributed by atoms with Gasteiger partial charge in [-0.3, -0.25) is 10.1 Å². The van der Waals surface area contributed by atoms with Gasteiger partial charge in [0.2, 0.25) is 0 Å². The summed E-state index contributed by atoms with van der Waals surface area (Å²) in [6.07, 6.45) is 0.795. The van der Waals surface area contributed by atoms with Gasteiger partial charge in [0, 0.05) is 6.42 Å². The molecule has 3 aromatic carbocycles. The fourth-order valence-corrected chi connectivity index (χ4v) is 3.63.